The SMILES string of the molecule is CCC1(c2ccccc2OC)OCCO1. The average Bonchev–Trinajstić information content (AvgIpc) is 2.79. The van der Waals surface area contributed by atoms with Crippen molar-refractivity contribution in [1.82, 2.24) is 0 Å². The lowest BCUT2D eigenvalue weighted by Crippen LogP contribution is -2.26. The Kier molecular flexibility index (Phi) is 2.93. The third kappa shape index (κ3) is 1.73. The molecule has 0 radical (unpaired) electrons. The highest BCUT2D eigenvalue weighted by Gasteiger charge is 2.38. The molecule has 0 unspecified atom stereocenters. The minimum absolute atomic E-state index is 0.605. The summed E-state index contributed by atoms with van der Waals surface area (Å²) in [6.07, 6.45) is 0.785. The van der Waals surface area contributed by atoms with E-state index in [1.54, 1.807) is 7.11 Å². The Bertz CT molecular complexity index is 329. The maximum Gasteiger partial charge on any atom is 0.198 e. The van der Waals surface area contributed by atoms with Gasteiger partial charge in [0, 0.05) is 6.42 Å². The maximum absolute atomic E-state index is 5.72. The lowest BCUT2D eigenvalue weighted by Gasteiger charge is -2.27. The molecule has 0 aromatic heterocycles. The quantitative estimate of drug-likeness (QED) is 0.762. The van der Waals surface area contributed by atoms with E-state index in [2.05, 4.69) is 6.92 Å². The van der Waals surface area contributed by atoms with Crippen LogP contribution in [0.15, 0.2) is 24.3 Å². The standard InChI is InChI=1S/C12H16O3/c1-3-12(14-8-9-15-12)10-6-4-5-7-11(10)13-2/h4-7H,3,8-9H2,1-2H3. The van der Waals surface area contributed by atoms with E-state index in [1.165, 1.54) is 0 Å². The Hall–Kier alpha value is -1.06. The summed E-state index contributed by atoms with van der Waals surface area (Å²) in [6.45, 7) is 3.34. The molecule has 0 N–H and O–H groups in total. The normalized spacial score (nSPS) is 19.1. The third-order valence-electron chi connectivity index (χ3n) is 2.74. The molecule has 3 nitrogen and oxygen atoms in total. The summed E-state index contributed by atoms with van der Waals surface area (Å²) in [5, 5.41) is 0. The Labute approximate surface area is 90.0 Å². The second-order valence-electron chi connectivity index (χ2n) is 3.50. The molecule has 2 rings (SSSR count). The van der Waals surface area contributed by atoms with Gasteiger partial charge in [-0.2, -0.15) is 0 Å². The minimum atomic E-state index is -0.605. The maximum atomic E-state index is 5.72. The third-order valence-corrected chi connectivity index (χ3v) is 2.74. The van der Waals surface area contributed by atoms with Gasteiger partial charge in [0.05, 0.1) is 25.9 Å². The van der Waals surface area contributed by atoms with E-state index in [0.29, 0.717) is 13.2 Å². The molecule has 15 heavy (non-hydrogen) atoms. The second-order valence-corrected chi connectivity index (χ2v) is 3.50. The first-order chi connectivity index (χ1) is 7.32. The summed E-state index contributed by atoms with van der Waals surface area (Å²) in [5.41, 5.74) is 0.979. The number of para-hydroxylation sites is 1. The van der Waals surface area contributed by atoms with E-state index < -0.39 is 5.79 Å². The van der Waals surface area contributed by atoms with Crippen molar-refractivity contribution in [3.63, 3.8) is 0 Å². The highest BCUT2D eigenvalue weighted by Crippen LogP contribution is 2.39. The van der Waals surface area contributed by atoms with Crippen LogP contribution in [0.5, 0.6) is 5.75 Å². The zero-order valence-electron chi connectivity index (χ0n) is 9.16. The molecular formula is C12H16O3. The van der Waals surface area contributed by atoms with Crippen LogP contribution in [-0.2, 0) is 15.3 Å². The monoisotopic (exact) mass is 208 g/mol. The largest absolute Gasteiger partial charge is 0.496 e. The van der Waals surface area contributed by atoms with Gasteiger partial charge >= 0.3 is 0 Å². The molecule has 1 fully saturated rings. The molecule has 0 atom stereocenters. The van der Waals surface area contributed by atoms with Gasteiger partial charge in [-0.25, -0.2) is 0 Å². The van der Waals surface area contributed by atoms with Crippen LogP contribution in [0, 0.1) is 0 Å². The van der Waals surface area contributed by atoms with Crippen molar-refractivity contribution in [2.75, 3.05) is 20.3 Å². The van der Waals surface area contributed by atoms with Gasteiger partial charge in [-0.05, 0) is 12.1 Å². The minimum Gasteiger partial charge on any atom is -0.496 e. The van der Waals surface area contributed by atoms with Gasteiger partial charge in [-0.3, -0.25) is 0 Å². The molecule has 0 amide bonds. The lowest BCUT2D eigenvalue weighted by atomic mass is 10.0. The summed E-state index contributed by atoms with van der Waals surface area (Å²) in [5.74, 6) is 0.216. The first-order valence-corrected chi connectivity index (χ1v) is 5.24. The summed E-state index contributed by atoms with van der Waals surface area (Å²) < 4.78 is 16.8. The van der Waals surface area contributed by atoms with Crippen molar-refractivity contribution in [2.45, 2.75) is 19.1 Å². The zero-order chi connectivity index (χ0) is 10.7. The first kappa shape index (κ1) is 10.5. The van der Waals surface area contributed by atoms with E-state index in [-0.39, 0.29) is 0 Å². The van der Waals surface area contributed by atoms with E-state index in [1.807, 2.05) is 24.3 Å². The zero-order valence-corrected chi connectivity index (χ0v) is 9.16. The molecule has 1 aliphatic heterocycles. The van der Waals surface area contributed by atoms with Crippen molar-refractivity contribution >= 4 is 0 Å². The van der Waals surface area contributed by atoms with Crippen molar-refractivity contribution in [3.8, 4) is 5.75 Å². The Morgan fingerprint density at radius 1 is 1.27 bits per heavy atom. The second kappa shape index (κ2) is 4.21. The highest BCUT2D eigenvalue weighted by atomic mass is 16.7. The van der Waals surface area contributed by atoms with Crippen LogP contribution in [0.2, 0.25) is 0 Å². The molecular weight excluding hydrogens is 192 g/mol. The van der Waals surface area contributed by atoms with E-state index in [0.717, 1.165) is 17.7 Å². The molecule has 1 heterocycles. The van der Waals surface area contributed by atoms with E-state index >= 15 is 0 Å². The van der Waals surface area contributed by atoms with Crippen molar-refractivity contribution in [3.05, 3.63) is 29.8 Å². The fraction of sp³-hybridized carbons (Fsp3) is 0.500. The summed E-state index contributed by atoms with van der Waals surface area (Å²) in [6, 6.07) is 7.84. The highest BCUT2D eigenvalue weighted by molar-refractivity contribution is 5.37. The molecule has 0 spiro atoms. The van der Waals surface area contributed by atoms with Gasteiger partial charge in [-0.1, -0.05) is 19.1 Å². The van der Waals surface area contributed by atoms with Crippen LogP contribution in [0.1, 0.15) is 18.9 Å². The predicted molar refractivity (Wildman–Crippen MR) is 56.9 cm³/mol. The predicted octanol–water partition coefficient (Wildman–Crippen LogP) is 2.30. The van der Waals surface area contributed by atoms with Crippen molar-refractivity contribution in [1.29, 1.82) is 0 Å². The molecule has 3 heteroatoms. The van der Waals surface area contributed by atoms with Crippen LogP contribution in [0.3, 0.4) is 0 Å². The van der Waals surface area contributed by atoms with E-state index in [9.17, 15) is 0 Å². The van der Waals surface area contributed by atoms with Crippen LogP contribution in [0.4, 0.5) is 0 Å². The Balaban J connectivity index is 2.41. The lowest BCUT2D eigenvalue weighted by molar-refractivity contribution is -0.168. The number of hydrogen-bond acceptors (Lipinski definition) is 3. The molecule has 1 aliphatic rings. The van der Waals surface area contributed by atoms with Gasteiger partial charge in [0.2, 0.25) is 0 Å². The van der Waals surface area contributed by atoms with Gasteiger partial charge in [0.15, 0.2) is 5.79 Å². The van der Waals surface area contributed by atoms with Gasteiger partial charge in [0.25, 0.3) is 0 Å². The van der Waals surface area contributed by atoms with Gasteiger partial charge in [0.1, 0.15) is 5.75 Å². The molecule has 1 aromatic carbocycles. The molecule has 1 saturated heterocycles. The Morgan fingerprint density at radius 2 is 1.93 bits per heavy atom. The van der Waals surface area contributed by atoms with Crippen LogP contribution < -0.4 is 4.74 Å². The fourth-order valence-corrected chi connectivity index (χ4v) is 1.96. The number of methoxy groups -OCH3 is 1. The van der Waals surface area contributed by atoms with Crippen molar-refractivity contribution in [2.24, 2.45) is 0 Å². The number of hydrogen-bond donors (Lipinski definition) is 0. The van der Waals surface area contributed by atoms with Gasteiger partial charge < -0.3 is 14.2 Å². The van der Waals surface area contributed by atoms with Crippen molar-refractivity contribution < 1.29 is 14.2 Å². The van der Waals surface area contributed by atoms with Crippen LogP contribution >= 0.6 is 0 Å². The molecule has 82 valence electrons. The number of ether oxygens (including phenoxy) is 3. The summed E-state index contributed by atoms with van der Waals surface area (Å²) in [4.78, 5) is 0. The fourth-order valence-electron chi connectivity index (χ4n) is 1.96. The summed E-state index contributed by atoms with van der Waals surface area (Å²) in [7, 11) is 1.66. The van der Waals surface area contributed by atoms with E-state index in [4.69, 9.17) is 14.2 Å². The average molecular weight is 208 g/mol. The topological polar surface area (TPSA) is 27.7 Å². The smallest absolute Gasteiger partial charge is 0.198 e. The molecule has 0 bridgehead atoms. The number of benzene rings is 1. The number of rotatable bonds is 3. The Morgan fingerprint density at radius 3 is 2.53 bits per heavy atom. The first-order valence-electron chi connectivity index (χ1n) is 5.24. The van der Waals surface area contributed by atoms with Gasteiger partial charge in [-0.15, -0.1) is 0 Å². The molecule has 0 aliphatic carbocycles. The molecule has 1 aromatic rings. The molecule has 0 saturated carbocycles. The van der Waals surface area contributed by atoms with Crippen LogP contribution in [-0.4, -0.2) is 20.3 Å². The van der Waals surface area contributed by atoms with Crippen LogP contribution in [0.25, 0.3) is 0 Å². The summed E-state index contributed by atoms with van der Waals surface area (Å²) >= 11 is 0.